The number of hydrogen-bond donors (Lipinski definition) is 3. The first-order valence-electron chi connectivity index (χ1n) is 1.44. The molecule has 40 valence electrons. The van der Waals surface area contributed by atoms with Gasteiger partial charge in [0, 0.05) is 11.8 Å². The molecule has 0 saturated heterocycles. The van der Waals surface area contributed by atoms with Gasteiger partial charge in [-0.1, -0.05) is 0 Å². The van der Waals surface area contributed by atoms with Crippen molar-refractivity contribution in [1.82, 2.24) is 0 Å². The van der Waals surface area contributed by atoms with E-state index < -0.39 is 5.24 Å². The molecule has 7 heavy (non-hydrogen) atoms. The number of carbonyl (C=O) groups is 1. The molecule has 0 radical (unpaired) electrons. The highest BCUT2D eigenvalue weighted by Crippen LogP contribution is 1.93. The smallest absolute Gasteiger partial charge is 0.284 e. The van der Waals surface area contributed by atoms with E-state index in [1.165, 1.54) is 0 Å². The summed E-state index contributed by atoms with van der Waals surface area (Å²) in [5, 5.41) is 5.55. The van der Waals surface area contributed by atoms with Crippen molar-refractivity contribution in [3.8, 4) is 0 Å². The van der Waals surface area contributed by atoms with Gasteiger partial charge in [-0.05, 0) is 0 Å². The van der Waals surface area contributed by atoms with Gasteiger partial charge < -0.3 is 11.5 Å². The number of amides is 1. The molecule has 0 spiro atoms. The first-order valence-corrected chi connectivity index (χ1v) is 2.26. The number of amidine groups is 1. The fraction of sp³-hybridized carbons (Fsp3) is 0. The van der Waals surface area contributed by atoms with Crippen LogP contribution in [0, 0.1) is 5.41 Å². The lowest BCUT2D eigenvalue weighted by Gasteiger charge is -1.85. The lowest BCUT2D eigenvalue weighted by Crippen LogP contribution is -2.12. The van der Waals surface area contributed by atoms with Crippen LogP contribution in [0.15, 0.2) is 0 Å². The molecule has 0 unspecified atom stereocenters. The Balaban J connectivity index is 3.32. The first kappa shape index (κ1) is 6.29. The topological polar surface area (TPSA) is 93.0 Å². The van der Waals surface area contributed by atoms with Crippen LogP contribution < -0.4 is 11.5 Å². The standard InChI is InChI=1S/C2H5N3OS/c3-1(4)7-2(5)6/h(H3,3,4)(H2,5,6). The van der Waals surface area contributed by atoms with E-state index in [1.54, 1.807) is 0 Å². The van der Waals surface area contributed by atoms with Crippen LogP contribution in [0.2, 0.25) is 0 Å². The highest BCUT2D eigenvalue weighted by molar-refractivity contribution is 8.26. The molecule has 0 aliphatic carbocycles. The van der Waals surface area contributed by atoms with Crippen LogP contribution in [-0.2, 0) is 0 Å². The maximum absolute atomic E-state index is 9.77. The molecular formula is C2H5N3OS. The number of nitrogens with one attached hydrogen (secondary N) is 1. The van der Waals surface area contributed by atoms with Crippen LogP contribution in [0.1, 0.15) is 0 Å². The van der Waals surface area contributed by atoms with Gasteiger partial charge in [0.2, 0.25) is 0 Å². The number of hydrogen-bond acceptors (Lipinski definition) is 3. The molecule has 0 rings (SSSR count). The van der Waals surface area contributed by atoms with Gasteiger partial charge in [-0.15, -0.1) is 0 Å². The summed E-state index contributed by atoms with van der Waals surface area (Å²) in [5.41, 5.74) is 9.34. The zero-order valence-corrected chi connectivity index (χ0v) is 4.29. The second-order valence-corrected chi connectivity index (χ2v) is 1.83. The molecule has 0 heterocycles. The predicted molar refractivity (Wildman–Crippen MR) is 29.1 cm³/mol. The summed E-state index contributed by atoms with van der Waals surface area (Å²) in [4.78, 5) is 9.77. The Morgan fingerprint density at radius 2 is 2.00 bits per heavy atom. The normalized spacial score (nSPS) is 8.00. The van der Waals surface area contributed by atoms with Crippen LogP contribution in [0.4, 0.5) is 4.79 Å². The van der Waals surface area contributed by atoms with Crippen LogP contribution in [0.3, 0.4) is 0 Å². The Morgan fingerprint density at radius 1 is 1.57 bits per heavy atom. The Hall–Kier alpha value is -0.710. The van der Waals surface area contributed by atoms with E-state index in [0.717, 1.165) is 0 Å². The Bertz CT molecular complexity index is 89.1. The number of nitrogens with two attached hydrogens (primary N) is 2. The molecule has 0 aromatic carbocycles. The van der Waals surface area contributed by atoms with Gasteiger partial charge in [0.1, 0.15) is 0 Å². The third-order valence-electron chi connectivity index (χ3n) is 0.211. The molecule has 0 aromatic heterocycles. The van der Waals surface area contributed by atoms with Crippen molar-refractivity contribution < 1.29 is 4.79 Å². The van der Waals surface area contributed by atoms with Gasteiger partial charge in [0.05, 0.1) is 0 Å². The lowest BCUT2D eigenvalue weighted by atomic mass is 11.4. The molecule has 0 aromatic rings. The molecule has 1 amide bonds. The monoisotopic (exact) mass is 119 g/mol. The highest BCUT2D eigenvalue weighted by atomic mass is 32.2. The second kappa shape index (κ2) is 2.46. The predicted octanol–water partition coefficient (Wildman–Crippen LogP) is -0.308. The molecule has 0 saturated carbocycles. The lowest BCUT2D eigenvalue weighted by molar-refractivity contribution is 0.267. The third-order valence-corrected chi connectivity index (χ3v) is 0.632. The van der Waals surface area contributed by atoms with Crippen molar-refractivity contribution in [3.05, 3.63) is 0 Å². The van der Waals surface area contributed by atoms with Crippen LogP contribution in [0.25, 0.3) is 0 Å². The van der Waals surface area contributed by atoms with E-state index in [4.69, 9.17) is 11.1 Å². The largest absolute Gasteiger partial charge is 0.378 e. The van der Waals surface area contributed by atoms with Crippen molar-refractivity contribution in [2.24, 2.45) is 11.5 Å². The second-order valence-electron chi connectivity index (χ2n) is 0.785. The summed E-state index contributed by atoms with van der Waals surface area (Å²) >= 11 is 0.509. The molecule has 5 N–H and O–H groups in total. The Morgan fingerprint density at radius 3 is 2.00 bits per heavy atom. The van der Waals surface area contributed by atoms with E-state index in [0.29, 0.717) is 11.8 Å². The average molecular weight is 119 g/mol. The van der Waals surface area contributed by atoms with Gasteiger partial charge in [-0.25, -0.2) is 0 Å². The first-order chi connectivity index (χ1) is 3.13. The van der Waals surface area contributed by atoms with Crippen LogP contribution >= 0.6 is 11.8 Å². The maximum atomic E-state index is 9.77. The van der Waals surface area contributed by atoms with E-state index >= 15 is 0 Å². The average Bonchev–Trinajstić information content (AvgIpc) is 1.27. The molecule has 5 heteroatoms. The zero-order chi connectivity index (χ0) is 5.86. The minimum atomic E-state index is -0.646. The van der Waals surface area contributed by atoms with Crippen molar-refractivity contribution in [3.63, 3.8) is 0 Å². The Kier molecular flexibility index (Phi) is 2.21. The van der Waals surface area contributed by atoms with Gasteiger partial charge in [-0.3, -0.25) is 10.2 Å². The number of thioether (sulfide) groups is 1. The quantitative estimate of drug-likeness (QED) is 0.301. The maximum Gasteiger partial charge on any atom is 0.284 e. The molecule has 0 bridgehead atoms. The van der Waals surface area contributed by atoms with Gasteiger partial charge >= 0.3 is 0 Å². The Labute approximate surface area is 44.8 Å². The summed E-state index contributed by atoms with van der Waals surface area (Å²) < 4.78 is 0. The number of carbonyl (C=O) groups excluding carboxylic acids is 1. The minimum Gasteiger partial charge on any atom is -0.378 e. The van der Waals surface area contributed by atoms with Crippen LogP contribution in [-0.4, -0.2) is 10.4 Å². The zero-order valence-electron chi connectivity index (χ0n) is 3.47. The van der Waals surface area contributed by atoms with Crippen molar-refractivity contribution in [2.45, 2.75) is 0 Å². The highest BCUT2D eigenvalue weighted by Gasteiger charge is 1.93. The fourth-order valence-corrected chi connectivity index (χ4v) is 0.325. The minimum absolute atomic E-state index is 0.271. The van der Waals surface area contributed by atoms with Crippen molar-refractivity contribution in [2.75, 3.05) is 0 Å². The SMILES string of the molecule is N=C(N)SC(N)=O. The van der Waals surface area contributed by atoms with E-state index in [-0.39, 0.29) is 5.17 Å². The molecule has 4 nitrogen and oxygen atoms in total. The van der Waals surface area contributed by atoms with Gasteiger partial charge in [0.15, 0.2) is 5.17 Å². The molecule has 0 fully saturated rings. The van der Waals surface area contributed by atoms with Gasteiger partial charge in [0.25, 0.3) is 5.24 Å². The number of primary amides is 1. The molecule has 0 atom stereocenters. The third kappa shape index (κ3) is 5.29. The fourth-order valence-electron chi connectivity index (χ4n) is 0.108. The van der Waals surface area contributed by atoms with Crippen molar-refractivity contribution >= 4 is 22.2 Å². The molecule has 0 aliphatic heterocycles. The number of rotatable bonds is 0. The van der Waals surface area contributed by atoms with E-state index in [2.05, 4.69) is 5.73 Å². The summed E-state index contributed by atoms with van der Waals surface area (Å²) in [6.07, 6.45) is 0. The summed E-state index contributed by atoms with van der Waals surface area (Å²) in [7, 11) is 0. The van der Waals surface area contributed by atoms with E-state index in [9.17, 15) is 4.79 Å². The summed E-state index contributed by atoms with van der Waals surface area (Å²) in [6.45, 7) is 0. The summed E-state index contributed by atoms with van der Waals surface area (Å²) in [5.74, 6) is 0. The summed E-state index contributed by atoms with van der Waals surface area (Å²) in [6, 6.07) is 0. The van der Waals surface area contributed by atoms with Crippen molar-refractivity contribution in [1.29, 1.82) is 5.41 Å². The molecular weight excluding hydrogens is 114 g/mol. The van der Waals surface area contributed by atoms with Gasteiger partial charge in [-0.2, -0.15) is 0 Å². The molecule has 0 aliphatic rings. The van der Waals surface area contributed by atoms with Crippen LogP contribution in [0.5, 0.6) is 0 Å². The van der Waals surface area contributed by atoms with E-state index in [1.807, 2.05) is 0 Å².